The summed E-state index contributed by atoms with van der Waals surface area (Å²) in [7, 11) is 3.19. The number of nitrogens with zero attached hydrogens (tertiary/aromatic N) is 1. The van der Waals surface area contributed by atoms with E-state index in [0.29, 0.717) is 37.4 Å². The van der Waals surface area contributed by atoms with Crippen molar-refractivity contribution in [1.29, 1.82) is 0 Å². The van der Waals surface area contributed by atoms with Crippen LogP contribution in [0, 0.1) is 11.8 Å². The van der Waals surface area contributed by atoms with Crippen molar-refractivity contribution in [3.05, 3.63) is 59.7 Å². The molecule has 2 aromatic carbocycles. The second-order valence-corrected chi connectivity index (χ2v) is 8.98. The van der Waals surface area contributed by atoms with Crippen LogP contribution in [0.2, 0.25) is 0 Å². The molecule has 0 aromatic heterocycles. The monoisotopic (exact) mass is 425 g/mol. The highest BCUT2D eigenvalue weighted by Crippen LogP contribution is 2.53. The number of rotatable bonds is 5. The van der Waals surface area contributed by atoms with Crippen LogP contribution < -0.4 is 9.47 Å². The van der Waals surface area contributed by atoms with Gasteiger partial charge in [0, 0.05) is 36.1 Å². The second-order valence-electron chi connectivity index (χ2n) is 8.98. The minimum absolute atomic E-state index is 0.0305. The molecule has 0 radical (unpaired) electrons. The molecule has 0 spiro atoms. The third-order valence-corrected chi connectivity index (χ3v) is 7.20. The highest BCUT2D eigenvalue weighted by Gasteiger charge is 2.58. The van der Waals surface area contributed by atoms with E-state index in [0.717, 1.165) is 11.1 Å². The molecule has 2 aromatic rings. The molecule has 166 valence electrons. The molecular formula is C25H31NO5. The Morgan fingerprint density at radius 1 is 0.968 bits per heavy atom. The van der Waals surface area contributed by atoms with Gasteiger partial charge in [0.1, 0.15) is 11.5 Å². The molecule has 4 atom stereocenters. The Kier molecular flexibility index (Phi) is 5.71. The molecule has 4 unspecified atom stereocenters. The molecule has 4 rings (SSSR count). The topological polar surface area (TPSA) is 79.2 Å². The highest BCUT2D eigenvalue weighted by atomic mass is 16.5. The summed E-state index contributed by atoms with van der Waals surface area (Å²) in [6.07, 6.45) is 1.09. The number of hydrogen-bond acceptors (Lipinski definition) is 5. The van der Waals surface area contributed by atoms with Crippen LogP contribution in [0.25, 0.3) is 0 Å². The molecule has 1 saturated carbocycles. The molecular weight excluding hydrogens is 394 g/mol. The van der Waals surface area contributed by atoms with Crippen molar-refractivity contribution in [2.45, 2.75) is 37.4 Å². The SMILES string of the molecule is COc1ccccc1CC(=O)N1CC2C(C1)C(O)(c1ccccc1OC)CCC2(C)O. The number of benzene rings is 2. The van der Waals surface area contributed by atoms with Gasteiger partial charge < -0.3 is 24.6 Å². The molecule has 6 nitrogen and oxygen atoms in total. The molecule has 0 bridgehead atoms. The predicted octanol–water partition coefficient (Wildman–Crippen LogP) is 2.75. The summed E-state index contributed by atoms with van der Waals surface area (Å²) in [5.41, 5.74) is -0.559. The number of amides is 1. The summed E-state index contributed by atoms with van der Waals surface area (Å²) in [5, 5.41) is 23.0. The predicted molar refractivity (Wildman–Crippen MR) is 117 cm³/mol. The van der Waals surface area contributed by atoms with Crippen molar-refractivity contribution in [3.63, 3.8) is 0 Å². The fourth-order valence-electron chi connectivity index (χ4n) is 5.40. The standard InChI is InChI=1S/C25H31NO5/c1-24(28)12-13-25(29,18-9-5-7-11-22(18)31-3)20-16-26(15-19(20)24)23(27)14-17-8-4-6-10-21(17)30-2/h4-11,19-20,28-29H,12-16H2,1-3H3. The number of carbonyl (C=O) groups excluding carboxylic acids is 1. The van der Waals surface area contributed by atoms with Crippen molar-refractivity contribution in [2.75, 3.05) is 27.3 Å². The van der Waals surface area contributed by atoms with Gasteiger partial charge in [0.15, 0.2) is 0 Å². The lowest BCUT2D eigenvalue weighted by atomic mass is 9.61. The number of methoxy groups -OCH3 is 2. The van der Waals surface area contributed by atoms with E-state index in [-0.39, 0.29) is 24.2 Å². The van der Waals surface area contributed by atoms with Crippen LogP contribution in [0.1, 0.15) is 30.9 Å². The average molecular weight is 426 g/mol. The van der Waals surface area contributed by atoms with Gasteiger partial charge in [-0.1, -0.05) is 36.4 Å². The Bertz CT molecular complexity index is 958. The largest absolute Gasteiger partial charge is 0.496 e. The lowest BCUT2D eigenvalue weighted by Crippen LogP contribution is -2.53. The highest BCUT2D eigenvalue weighted by molar-refractivity contribution is 5.80. The molecule has 2 N–H and O–H groups in total. The third kappa shape index (κ3) is 3.79. The Labute approximate surface area is 183 Å². The minimum atomic E-state index is -1.17. The number of hydrogen-bond donors (Lipinski definition) is 2. The van der Waals surface area contributed by atoms with Crippen LogP contribution in [0.5, 0.6) is 11.5 Å². The molecule has 1 saturated heterocycles. The van der Waals surface area contributed by atoms with Gasteiger partial charge in [-0.3, -0.25) is 4.79 Å². The number of fused-ring (bicyclic) bond motifs is 1. The lowest BCUT2D eigenvalue weighted by molar-refractivity contribution is -0.143. The van der Waals surface area contributed by atoms with E-state index < -0.39 is 11.2 Å². The molecule has 31 heavy (non-hydrogen) atoms. The summed E-state index contributed by atoms with van der Waals surface area (Å²) in [6, 6.07) is 15.0. The maximum Gasteiger partial charge on any atom is 0.227 e. The minimum Gasteiger partial charge on any atom is -0.496 e. The summed E-state index contributed by atoms with van der Waals surface area (Å²) >= 11 is 0. The smallest absolute Gasteiger partial charge is 0.227 e. The van der Waals surface area contributed by atoms with Gasteiger partial charge >= 0.3 is 0 Å². The van der Waals surface area contributed by atoms with Crippen LogP contribution >= 0.6 is 0 Å². The van der Waals surface area contributed by atoms with Crippen molar-refractivity contribution in [1.82, 2.24) is 4.90 Å². The Morgan fingerprint density at radius 2 is 1.58 bits per heavy atom. The van der Waals surface area contributed by atoms with E-state index in [4.69, 9.17) is 9.47 Å². The van der Waals surface area contributed by atoms with Gasteiger partial charge in [0.2, 0.25) is 5.91 Å². The molecule has 6 heteroatoms. The zero-order valence-corrected chi connectivity index (χ0v) is 18.4. The van der Waals surface area contributed by atoms with Crippen LogP contribution in [0.15, 0.2) is 48.5 Å². The Morgan fingerprint density at radius 3 is 2.29 bits per heavy atom. The first-order valence-corrected chi connectivity index (χ1v) is 10.8. The Hall–Kier alpha value is -2.57. The summed E-state index contributed by atoms with van der Waals surface area (Å²) in [5.74, 6) is 0.776. The fourth-order valence-corrected chi connectivity index (χ4v) is 5.40. The summed E-state index contributed by atoms with van der Waals surface area (Å²) in [4.78, 5) is 15.0. The van der Waals surface area contributed by atoms with Crippen molar-refractivity contribution < 1.29 is 24.5 Å². The van der Waals surface area contributed by atoms with E-state index in [1.54, 1.807) is 19.1 Å². The molecule has 1 aliphatic heterocycles. The first-order chi connectivity index (χ1) is 14.8. The first-order valence-electron chi connectivity index (χ1n) is 10.8. The molecule has 1 aliphatic carbocycles. The fraction of sp³-hybridized carbons (Fsp3) is 0.480. The summed E-state index contributed by atoms with van der Waals surface area (Å²) in [6.45, 7) is 2.63. The van der Waals surface area contributed by atoms with Crippen molar-refractivity contribution in [2.24, 2.45) is 11.8 Å². The molecule has 1 amide bonds. The number of aliphatic hydroxyl groups is 2. The van der Waals surface area contributed by atoms with Crippen molar-refractivity contribution in [3.8, 4) is 11.5 Å². The van der Waals surface area contributed by atoms with Crippen LogP contribution in [0.3, 0.4) is 0 Å². The zero-order chi connectivity index (χ0) is 22.2. The van der Waals surface area contributed by atoms with E-state index in [9.17, 15) is 15.0 Å². The molecule has 2 aliphatic rings. The number of likely N-dealkylation sites (tertiary alicyclic amines) is 1. The van der Waals surface area contributed by atoms with Gasteiger partial charge in [0.25, 0.3) is 0 Å². The van der Waals surface area contributed by atoms with Gasteiger partial charge in [-0.25, -0.2) is 0 Å². The van der Waals surface area contributed by atoms with Crippen LogP contribution in [-0.4, -0.2) is 53.9 Å². The quantitative estimate of drug-likeness (QED) is 0.770. The van der Waals surface area contributed by atoms with Gasteiger partial charge in [-0.15, -0.1) is 0 Å². The third-order valence-electron chi connectivity index (χ3n) is 7.20. The van der Waals surface area contributed by atoms with E-state index in [1.807, 2.05) is 55.5 Å². The average Bonchev–Trinajstić information content (AvgIpc) is 3.25. The van der Waals surface area contributed by atoms with Gasteiger partial charge in [-0.05, 0) is 31.9 Å². The number of para-hydroxylation sites is 2. The van der Waals surface area contributed by atoms with Gasteiger partial charge in [-0.2, -0.15) is 0 Å². The second kappa shape index (κ2) is 8.17. The van der Waals surface area contributed by atoms with Crippen molar-refractivity contribution >= 4 is 5.91 Å². The zero-order valence-electron chi connectivity index (χ0n) is 18.4. The van der Waals surface area contributed by atoms with E-state index in [1.165, 1.54) is 0 Å². The van der Waals surface area contributed by atoms with Gasteiger partial charge in [0.05, 0.1) is 31.8 Å². The summed E-state index contributed by atoms with van der Waals surface area (Å²) < 4.78 is 10.9. The maximum absolute atomic E-state index is 13.2. The van der Waals surface area contributed by atoms with Crippen LogP contribution in [0.4, 0.5) is 0 Å². The van der Waals surface area contributed by atoms with E-state index in [2.05, 4.69) is 0 Å². The number of carbonyl (C=O) groups is 1. The first kappa shape index (κ1) is 21.7. The van der Waals surface area contributed by atoms with E-state index >= 15 is 0 Å². The maximum atomic E-state index is 13.2. The lowest BCUT2D eigenvalue weighted by Gasteiger charge is -2.48. The Balaban J connectivity index is 1.62. The normalized spacial score (nSPS) is 30.0. The number of ether oxygens (including phenoxy) is 2. The molecule has 2 fully saturated rings. The molecule has 1 heterocycles. The van der Waals surface area contributed by atoms with Crippen LogP contribution in [-0.2, 0) is 16.8 Å².